The Morgan fingerprint density at radius 2 is 1.52 bits per heavy atom. The van der Waals surface area contributed by atoms with Crippen molar-refractivity contribution in [2.75, 3.05) is 0 Å². The van der Waals surface area contributed by atoms with Crippen molar-refractivity contribution >= 4 is 28.6 Å². The second-order valence-corrected chi connectivity index (χ2v) is 7.42. The van der Waals surface area contributed by atoms with E-state index in [1.54, 1.807) is 0 Å². The van der Waals surface area contributed by atoms with Crippen LogP contribution in [0.5, 0.6) is 0 Å². The molecule has 2 atom stereocenters. The molecule has 0 aliphatic carbocycles. The molecule has 3 aromatic rings. The summed E-state index contributed by atoms with van der Waals surface area (Å²) in [5, 5.41) is 6.47. The van der Waals surface area contributed by atoms with Gasteiger partial charge in [-0.05, 0) is 24.6 Å². The summed E-state index contributed by atoms with van der Waals surface area (Å²) >= 11 is 0. The Kier molecular flexibility index (Phi) is 7.32. The summed E-state index contributed by atoms with van der Waals surface area (Å²) in [6, 6.07) is 19.9. The molecule has 1 heterocycles. The molecular weight excluding hydrogens is 392 g/mol. The number of nitrogens with two attached hydrogens (primary N) is 1. The van der Waals surface area contributed by atoms with E-state index in [0.29, 0.717) is 5.69 Å². The van der Waals surface area contributed by atoms with Gasteiger partial charge in [-0.2, -0.15) is 0 Å². The van der Waals surface area contributed by atoms with Gasteiger partial charge in [0.15, 0.2) is 0 Å². The topological polar surface area (TPSA) is 114 Å². The monoisotopic (exact) mass is 418 g/mol. The summed E-state index contributed by atoms with van der Waals surface area (Å²) in [6.45, 7) is 1.88. The van der Waals surface area contributed by atoms with Crippen LogP contribution in [-0.4, -0.2) is 28.7 Å². The van der Waals surface area contributed by atoms with Gasteiger partial charge in [-0.25, -0.2) is 0 Å². The van der Waals surface area contributed by atoms with Crippen LogP contribution in [0.15, 0.2) is 66.7 Å². The molecule has 0 aliphatic rings. The van der Waals surface area contributed by atoms with Crippen molar-refractivity contribution in [2.24, 2.45) is 5.73 Å². The molecule has 3 amide bonds. The standard InChI is InChI=1S/C24H26N4O3/c1-16(17-7-3-2-4-8-17)26-22(29)13-14-23(30)28-21(24(25)31)15-19-12-11-18-9-5-6-10-20(18)27-19/h2-12,16,21H,13-15H2,1H3,(H2,25,31)(H,26,29)(H,28,30)/t16-,21+/m1/s1. The van der Waals surface area contributed by atoms with Crippen molar-refractivity contribution < 1.29 is 14.4 Å². The maximum atomic E-state index is 12.3. The highest BCUT2D eigenvalue weighted by Crippen LogP contribution is 2.13. The summed E-state index contributed by atoms with van der Waals surface area (Å²) in [6.07, 6.45) is 0.161. The van der Waals surface area contributed by atoms with Gasteiger partial charge in [-0.15, -0.1) is 0 Å². The number of carbonyl (C=O) groups is 3. The first-order valence-corrected chi connectivity index (χ1v) is 10.2. The Morgan fingerprint density at radius 3 is 2.23 bits per heavy atom. The van der Waals surface area contributed by atoms with Gasteiger partial charge in [-0.1, -0.05) is 54.6 Å². The van der Waals surface area contributed by atoms with Gasteiger partial charge in [0, 0.05) is 30.3 Å². The SMILES string of the molecule is C[C@@H](NC(=O)CCC(=O)N[C@@H](Cc1ccc2ccccc2n1)C(N)=O)c1ccccc1. The number of aromatic nitrogens is 1. The molecule has 0 bridgehead atoms. The van der Waals surface area contributed by atoms with Crippen LogP contribution in [0.3, 0.4) is 0 Å². The fourth-order valence-corrected chi connectivity index (χ4v) is 3.29. The highest BCUT2D eigenvalue weighted by Gasteiger charge is 2.20. The van der Waals surface area contributed by atoms with E-state index >= 15 is 0 Å². The largest absolute Gasteiger partial charge is 0.368 e. The van der Waals surface area contributed by atoms with Crippen LogP contribution in [0.4, 0.5) is 0 Å². The number of carbonyl (C=O) groups excluding carboxylic acids is 3. The number of nitrogens with zero attached hydrogens (tertiary/aromatic N) is 1. The van der Waals surface area contributed by atoms with Gasteiger partial charge in [0.1, 0.15) is 6.04 Å². The first-order valence-electron chi connectivity index (χ1n) is 10.2. The van der Waals surface area contributed by atoms with Crippen molar-refractivity contribution in [1.82, 2.24) is 15.6 Å². The van der Waals surface area contributed by atoms with Gasteiger partial charge < -0.3 is 16.4 Å². The molecule has 0 fully saturated rings. The number of fused-ring (bicyclic) bond motifs is 1. The molecule has 7 heteroatoms. The van der Waals surface area contributed by atoms with Crippen molar-refractivity contribution in [2.45, 2.75) is 38.3 Å². The molecule has 1 aromatic heterocycles. The minimum atomic E-state index is -0.896. The van der Waals surface area contributed by atoms with Gasteiger partial charge in [-0.3, -0.25) is 19.4 Å². The zero-order valence-corrected chi connectivity index (χ0v) is 17.4. The average Bonchev–Trinajstić information content (AvgIpc) is 2.77. The van der Waals surface area contributed by atoms with Gasteiger partial charge in [0.2, 0.25) is 17.7 Å². The van der Waals surface area contributed by atoms with Gasteiger partial charge >= 0.3 is 0 Å². The fraction of sp³-hybridized carbons (Fsp3) is 0.250. The maximum absolute atomic E-state index is 12.3. The number of primary amides is 1. The third-order valence-electron chi connectivity index (χ3n) is 5.00. The second kappa shape index (κ2) is 10.3. The lowest BCUT2D eigenvalue weighted by Gasteiger charge is -2.16. The van der Waals surface area contributed by atoms with E-state index in [4.69, 9.17) is 5.73 Å². The van der Waals surface area contributed by atoms with Crippen LogP contribution >= 0.6 is 0 Å². The molecule has 160 valence electrons. The van der Waals surface area contributed by atoms with Crippen molar-refractivity contribution in [3.8, 4) is 0 Å². The molecule has 31 heavy (non-hydrogen) atoms. The van der Waals surface area contributed by atoms with Crippen LogP contribution in [0.25, 0.3) is 10.9 Å². The molecule has 0 saturated heterocycles. The number of amides is 3. The number of rotatable bonds is 9. The number of hydrogen-bond donors (Lipinski definition) is 3. The van der Waals surface area contributed by atoms with Crippen LogP contribution in [0.2, 0.25) is 0 Å². The van der Waals surface area contributed by atoms with E-state index in [-0.39, 0.29) is 31.2 Å². The predicted octanol–water partition coefficient (Wildman–Crippen LogP) is 2.40. The minimum Gasteiger partial charge on any atom is -0.368 e. The first kappa shape index (κ1) is 22.0. The van der Waals surface area contributed by atoms with E-state index in [2.05, 4.69) is 15.6 Å². The lowest BCUT2D eigenvalue weighted by atomic mass is 10.1. The molecule has 4 N–H and O–H groups in total. The summed E-state index contributed by atoms with van der Waals surface area (Å²) in [7, 11) is 0. The highest BCUT2D eigenvalue weighted by molar-refractivity contribution is 5.89. The molecule has 0 unspecified atom stereocenters. The smallest absolute Gasteiger partial charge is 0.240 e. The number of hydrogen-bond acceptors (Lipinski definition) is 4. The molecule has 7 nitrogen and oxygen atoms in total. The van der Waals surface area contributed by atoms with Crippen LogP contribution in [0, 0.1) is 0 Å². The molecule has 0 saturated carbocycles. The Bertz CT molecular complexity index is 1070. The zero-order valence-electron chi connectivity index (χ0n) is 17.4. The molecule has 2 aromatic carbocycles. The van der Waals surface area contributed by atoms with Crippen molar-refractivity contribution in [3.63, 3.8) is 0 Å². The summed E-state index contributed by atoms with van der Waals surface area (Å²) in [4.78, 5) is 40.8. The highest BCUT2D eigenvalue weighted by atomic mass is 16.2. The average molecular weight is 418 g/mol. The number of para-hydroxylation sites is 1. The molecule has 0 radical (unpaired) electrons. The lowest BCUT2D eigenvalue weighted by Crippen LogP contribution is -2.46. The van der Waals surface area contributed by atoms with Crippen molar-refractivity contribution in [1.29, 1.82) is 0 Å². The minimum absolute atomic E-state index is 0.0166. The molecular formula is C24H26N4O3. The molecule has 0 spiro atoms. The van der Waals surface area contributed by atoms with E-state index in [9.17, 15) is 14.4 Å². The summed E-state index contributed by atoms with van der Waals surface area (Å²) in [5.41, 5.74) is 7.91. The third kappa shape index (κ3) is 6.37. The Labute approximate surface area is 181 Å². The predicted molar refractivity (Wildman–Crippen MR) is 119 cm³/mol. The zero-order chi connectivity index (χ0) is 22.2. The van der Waals surface area contributed by atoms with Crippen LogP contribution in [-0.2, 0) is 20.8 Å². The van der Waals surface area contributed by atoms with Crippen molar-refractivity contribution in [3.05, 3.63) is 78.0 Å². The van der Waals surface area contributed by atoms with E-state index in [0.717, 1.165) is 16.5 Å². The molecule has 3 rings (SSSR count). The third-order valence-corrected chi connectivity index (χ3v) is 5.00. The van der Waals surface area contributed by atoms with Crippen LogP contribution < -0.4 is 16.4 Å². The summed E-state index contributed by atoms with van der Waals surface area (Å²) < 4.78 is 0. The van der Waals surface area contributed by atoms with Gasteiger partial charge in [0.25, 0.3) is 0 Å². The Hall–Kier alpha value is -3.74. The fourth-order valence-electron chi connectivity index (χ4n) is 3.29. The van der Waals surface area contributed by atoms with Gasteiger partial charge in [0.05, 0.1) is 11.6 Å². The molecule has 0 aliphatic heterocycles. The van der Waals surface area contributed by atoms with E-state index in [1.807, 2.05) is 73.7 Å². The van der Waals surface area contributed by atoms with E-state index in [1.165, 1.54) is 0 Å². The summed E-state index contributed by atoms with van der Waals surface area (Å²) in [5.74, 6) is -1.30. The quantitative estimate of drug-likeness (QED) is 0.495. The number of pyridine rings is 1. The van der Waals surface area contributed by atoms with E-state index < -0.39 is 17.9 Å². The number of nitrogens with one attached hydrogen (secondary N) is 2. The second-order valence-electron chi connectivity index (χ2n) is 7.42. The first-order chi connectivity index (χ1) is 14.9. The Balaban J connectivity index is 1.51. The Morgan fingerprint density at radius 1 is 0.871 bits per heavy atom. The maximum Gasteiger partial charge on any atom is 0.240 e. The normalized spacial score (nSPS) is 12.7. The number of benzene rings is 2. The lowest BCUT2D eigenvalue weighted by molar-refractivity contribution is -0.129. The van der Waals surface area contributed by atoms with Crippen LogP contribution in [0.1, 0.15) is 37.1 Å².